The summed E-state index contributed by atoms with van der Waals surface area (Å²) in [5.74, 6) is -1.98. The Kier molecular flexibility index (Phi) is 4.88. The zero-order valence-corrected chi connectivity index (χ0v) is 14.9. The summed E-state index contributed by atoms with van der Waals surface area (Å²) in [4.78, 5) is 29.4. The standard InChI is InChI=1S/C18H16F3N3O4/c1-11-22-17(18(19,20)21,16(26)24(11)10-14-4-3-9-28-14)23-15(25)12-5-7-13(27-2)8-6-12/h3-9H,10H2,1-2H3,(H,23,25). The summed E-state index contributed by atoms with van der Waals surface area (Å²) in [6.45, 7) is 1.02. The van der Waals surface area contributed by atoms with E-state index < -0.39 is 23.7 Å². The van der Waals surface area contributed by atoms with Crippen molar-refractivity contribution in [1.82, 2.24) is 10.2 Å². The largest absolute Gasteiger partial charge is 0.497 e. The minimum absolute atomic E-state index is 0.0745. The van der Waals surface area contributed by atoms with E-state index in [1.165, 1.54) is 50.6 Å². The molecule has 1 N–H and O–H groups in total. The van der Waals surface area contributed by atoms with Crippen molar-refractivity contribution in [3.63, 3.8) is 0 Å². The molecule has 1 aliphatic heterocycles. The van der Waals surface area contributed by atoms with Gasteiger partial charge < -0.3 is 14.5 Å². The maximum Gasteiger partial charge on any atom is 0.442 e. The van der Waals surface area contributed by atoms with Gasteiger partial charge in [-0.2, -0.15) is 13.2 Å². The molecule has 0 aliphatic carbocycles. The zero-order chi connectivity index (χ0) is 20.5. The SMILES string of the molecule is COc1ccc(C(=O)NC2(C(F)(F)F)N=C(C)N(Cc3ccco3)C2=O)cc1. The van der Waals surface area contributed by atoms with E-state index in [2.05, 4.69) is 4.99 Å². The summed E-state index contributed by atoms with van der Waals surface area (Å²) in [7, 11) is 1.41. The fourth-order valence-electron chi connectivity index (χ4n) is 2.75. The quantitative estimate of drug-likeness (QED) is 0.844. The summed E-state index contributed by atoms with van der Waals surface area (Å²) in [6, 6.07) is 8.48. The molecule has 0 bridgehead atoms. The van der Waals surface area contributed by atoms with Crippen LogP contribution in [-0.2, 0) is 11.3 Å². The summed E-state index contributed by atoms with van der Waals surface area (Å²) >= 11 is 0. The van der Waals surface area contributed by atoms with Gasteiger partial charge in [0.25, 0.3) is 11.8 Å². The van der Waals surface area contributed by atoms with Gasteiger partial charge in [0.1, 0.15) is 17.3 Å². The number of nitrogens with one attached hydrogen (secondary N) is 1. The number of hydrogen-bond donors (Lipinski definition) is 1. The van der Waals surface area contributed by atoms with Gasteiger partial charge in [0, 0.05) is 5.56 Å². The number of nitrogens with zero attached hydrogens (tertiary/aromatic N) is 2. The van der Waals surface area contributed by atoms with Gasteiger partial charge in [0.15, 0.2) is 0 Å². The third kappa shape index (κ3) is 3.32. The Hall–Kier alpha value is -3.30. The average Bonchev–Trinajstić information content (AvgIpc) is 3.24. The molecule has 0 saturated heterocycles. The average molecular weight is 395 g/mol. The number of ether oxygens (including phenoxy) is 1. The summed E-state index contributed by atoms with van der Waals surface area (Å²) in [5, 5.41) is 1.76. The molecule has 0 spiro atoms. The Morgan fingerprint density at radius 3 is 2.50 bits per heavy atom. The van der Waals surface area contributed by atoms with E-state index in [1.54, 1.807) is 11.4 Å². The molecule has 28 heavy (non-hydrogen) atoms. The van der Waals surface area contributed by atoms with Gasteiger partial charge in [-0.15, -0.1) is 0 Å². The van der Waals surface area contributed by atoms with Crippen LogP contribution in [0.1, 0.15) is 23.0 Å². The third-order valence-electron chi connectivity index (χ3n) is 4.23. The maximum absolute atomic E-state index is 13.9. The summed E-state index contributed by atoms with van der Waals surface area (Å²) < 4.78 is 51.7. The highest BCUT2D eigenvalue weighted by atomic mass is 19.4. The minimum Gasteiger partial charge on any atom is -0.497 e. The highest BCUT2D eigenvalue weighted by Gasteiger charge is 2.66. The van der Waals surface area contributed by atoms with E-state index in [-0.39, 0.29) is 23.7 Å². The van der Waals surface area contributed by atoms with Crippen LogP contribution in [0.3, 0.4) is 0 Å². The molecule has 0 saturated carbocycles. The van der Waals surface area contributed by atoms with Crippen molar-refractivity contribution in [2.75, 3.05) is 7.11 Å². The summed E-state index contributed by atoms with van der Waals surface area (Å²) in [5.41, 5.74) is -3.48. The van der Waals surface area contributed by atoms with Crippen LogP contribution >= 0.6 is 0 Å². The van der Waals surface area contributed by atoms with Crippen molar-refractivity contribution in [2.24, 2.45) is 4.99 Å². The molecule has 1 atom stereocenters. The molecule has 1 unspecified atom stereocenters. The Bertz CT molecular complexity index is 907. The molecule has 10 heteroatoms. The fourth-order valence-corrected chi connectivity index (χ4v) is 2.75. The number of aliphatic imine (C=N–C) groups is 1. The van der Waals surface area contributed by atoms with Crippen molar-refractivity contribution < 1.29 is 31.9 Å². The number of halogens is 3. The van der Waals surface area contributed by atoms with Crippen LogP contribution in [0.4, 0.5) is 13.2 Å². The molecule has 148 valence electrons. The molecular formula is C18H16F3N3O4. The molecule has 7 nitrogen and oxygen atoms in total. The first-order chi connectivity index (χ1) is 13.2. The van der Waals surface area contributed by atoms with Crippen LogP contribution in [0, 0.1) is 0 Å². The second-order valence-electron chi connectivity index (χ2n) is 6.02. The normalized spacial score (nSPS) is 19.5. The van der Waals surface area contributed by atoms with Crippen molar-refractivity contribution in [3.05, 3.63) is 54.0 Å². The van der Waals surface area contributed by atoms with Gasteiger partial charge in [-0.1, -0.05) is 0 Å². The molecule has 2 amide bonds. The predicted molar refractivity (Wildman–Crippen MR) is 91.6 cm³/mol. The van der Waals surface area contributed by atoms with Gasteiger partial charge in [-0.05, 0) is 43.3 Å². The maximum atomic E-state index is 13.9. The lowest BCUT2D eigenvalue weighted by molar-refractivity contribution is -0.196. The van der Waals surface area contributed by atoms with E-state index in [4.69, 9.17) is 9.15 Å². The molecule has 0 radical (unpaired) electrons. The van der Waals surface area contributed by atoms with Crippen LogP contribution in [0.2, 0.25) is 0 Å². The minimum atomic E-state index is -5.15. The van der Waals surface area contributed by atoms with E-state index in [0.29, 0.717) is 5.75 Å². The molecule has 1 aromatic heterocycles. The Labute approximate surface area is 157 Å². The number of carbonyl (C=O) groups excluding carboxylic acids is 2. The van der Waals surface area contributed by atoms with Gasteiger partial charge >= 0.3 is 11.8 Å². The molecule has 2 aromatic rings. The number of hydrogen-bond acceptors (Lipinski definition) is 5. The second-order valence-corrected chi connectivity index (χ2v) is 6.02. The Balaban J connectivity index is 1.91. The fraction of sp³-hybridized carbons (Fsp3) is 0.278. The topological polar surface area (TPSA) is 84.1 Å². The number of furan rings is 1. The summed E-state index contributed by atoms with van der Waals surface area (Å²) in [6.07, 6.45) is -3.81. The monoisotopic (exact) mass is 395 g/mol. The van der Waals surface area contributed by atoms with Crippen LogP contribution in [0.25, 0.3) is 0 Å². The number of benzene rings is 1. The number of methoxy groups -OCH3 is 1. The zero-order valence-electron chi connectivity index (χ0n) is 14.9. The highest BCUT2D eigenvalue weighted by Crippen LogP contribution is 2.38. The Morgan fingerprint density at radius 2 is 1.96 bits per heavy atom. The van der Waals surface area contributed by atoms with Crippen molar-refractivity contribution in [3.8, 4) is 5.75 Å². The third-order valence-corrected chi connectivity index (χ3v) is 4.23. The molecular weight excluding hydrogens is 379 g/mol. The Morgan fingerprint density at radius 1 is 1.29 bits per heavy atom. The second kappa shape index (κ2) is 7.02. The predicted octanol–water partition coefficient (Wildman–Crippen LogP) is 2.74. The molecule has 2 heterocycles. The van der Waals surface area contributed by atoms with Crippen molar-refractivity contribution in [2.45, 2.75) is 25.3 Å². The van der Waals surface area contributed by atoms with Crippen molar-refractivity contribution >= 4 is 17.6 Å². The van der Waals surface area contributed by atoms with Gasteiger partial charge in [0.05, 0.1) is 19.9 Å². The first-order valence-corrected chi connectivity index (χ1v) is 8.12. The van der Waals surface area contributed by atoms with Gasteiger partial charge in [-0.3, -0.25) is 14.5 Å². The van der Waals surface area contributed by atoms with Crippen LogP contribution in [-0.4, -0.2) is 41.5 Å². The smallest absolute Gasteiger partial charge is 0.442 e. The first kappa shape index (κ1) is 19.5. The molecule has 1 aromatic carbocycles. The highest BCUT2D eigenvalue weighted by molar-refractivity contribution is 6.10. The number of carbonyl (C=O) groups is 2. The lowest BCUT2D eigenvalue weighted by Crippen LogP contribution is -2.63. The van der Waals surface area contributed by atoms with Crippen LogP contribution in [0.15, 0.2) is 52.1 Å². The number of rotatable bonds is 5. The van der Waals surface area contributed by atoms with Crippen LogP contribution in [0.5, 0.6) is 5.75 Å². The van der Waals surface area contributed by atoms with Crippen LogP contribution < -0.4 is 10.1 Å². The van der Waals surface area contributed by atoms with E-state index in [0.717, 1.165) is 4.90 Å². The number of amides is 2. The molecule has 0 fully saturated rings. The van der Waals surface area contributed by atoms with Gasteiger partial charge in [-0.25, -0.2) is 4.99 Å². The first-order valence-electron chi connectivity index (χ1n) is 8.12. The van der Waals surface area contributed by atoms with E-state index in [9.17, 15) is 22.8 Å². The lowest BCUT2D eigenvalue weighted by Gasteiger charge is -2.29. The molecule has 1 aliphatic rings. The lowest BCUT2D eigenvalue weighted by atomic mass is 10.1. The van der Waals surface area contributed by atoms with E-state index >= 15 is 0 Å². The molecule has 3 rings (SSSR count). The number of alkyl halides is 3. The number of amidine groups is 1. The van der Waals surface area contributed by atoms with Gasteiger partial charge in [0.2, 0.25) is 0 Å². The van der Waals surface area contributed by atoms with Crippen molar-refractivity contribution in [1.29, 1.82) is 0 Å². The van der Waals surface area contributed by atoms with E-state index in [1.807, 2.05) is 0 Å².